The molecular formula is C20H12F3N3O. The molecule has 2 heterocycles. The number of nitrogens with zero attached hydrogens (tertiary/aromatic N) is 3. The van der Waals surface area contributed by atoms with Crippen LogP contribution in [-0.4, -0.2) is 15.0 Å². The molecule has 4 rings (SSSR count). The maximum atomic E-state index is 12.7. The molecule has 4 aromatic rings. The Morgan fingerprint density at radius 2 is 1.59 bits per heavy atom. The van der Waals surface area contributed by atoms with Gasteiger partial charge in [-0.1, -0.05) is 30.3 Å². The molecule has 0 aliphatic carbocycles. The van der Waals surface area contributed by atoms with Crippen molar-refractivity contribution in [1.29, 1.82) is 0 Å². The van der Waals surface area contributed by atoms with Crippen molar-refractivity contribution >= 4 is 10.9 Å². The van der Waals surface area contributed by atoms with Gasteiger partial charge in [-0.3, -0.25) is 4.98 Å². The summed E-state index contributed by atoms with van der Waals surface area (Å²) in [7, 11) is 0. The Morgan fingerprint density at radius 1 is 0.815 bits per heavy atom. The zero-order valence-electron chi connectivity index (χ0n) is 13.8. The number of hydrogen-bond donors (Lipinski definition) is 0. The van der Waals surface area contributed by atoms with Crippen LogP contribution in [0, 0.1) is 0 Å². The van der Waals surface area contributed by atoms with E-state index in [4.69, 9.17) is 4.74 Å². The molecule has 4 nitrogen and oxygen atoms in total. The highest BCUT2D eigenvalue weighted by molar-refractivity contribution is 5.84. The van der Waals surface area contributed by atoms with Crippen molar-refractivity contribution in [2.45, 2.75) is 6.18 Å². The average molecular weight is 367 g/mol. The van der Waals surface area contributed by atoms with E-state index in [-0.39, 0.29) is 5.88 Å². The lowest BCUT2D eigenvalue weighted by Crippen LogP contribution is -2.04. The molecule has 0 unspecified atom stereocenters. The summed E-state index contributed by atoms with van der Waals surface area (Å²) in [6.45, 7) is 0. The summed E-state index contributed by atoms with van der Waals surface area (Å²) in [4.78, 5) is 12.5. The second kappa shape index (κ2) is 6.68. The Labute approximate surface area is 152 Å². The van der Waals surface area contributed by atoms with Crippen LogP contribution >= 0.6 is 0 Å². The lowest BCUT2D eigenvalue weighted by Gasteiger charge is -2.09. The van der Waals surface area contributed by atoms with Gasteiger partial charge in [0, 0.05) is 23.2 Å². The first kappa shape index (κ1) is 17.0. The molecule has 0 saturated carbocycles. The summed E-state index contributed by atoms with van der Waals surface area (Å²) >= 11 is 0. The number of aromatic nitrogens is 3. The van der Waals surface area contributed by atoms with E-state index in [0.717, 1.165) is 17.5 Å². The van der Waals surface area contributed by atoms with E-state index in [2.05, 4.69) is 15.0 Å². The van der Waals surface area contributed by atoms with Gasteiger partial charge in [-0.15, -0.1) is 0 Å². The van der Waals surface area contributed by atoms with Crippen molar-refractivity contribution in [3.63, 3.8) is 0 Å². The molecule has 0 aliphatic heterocycles. The third-order valence-corrected chi connectivity index (χ3v) is 3.96. The Kier molecular flexibility index (Phi) is 4.19. The second-order valence-electron chi connectivity index (χ2n) is 5.75. The third-order valence-electron chi connectivity index (χ3n) is 3.96. The van der Waals surface area contributed by atoms with Gasteiger partial charge in [0.15, 0.2) is 5.75 Å². The molecule has 0 aliphatic rings. The highest BCUT2D eigenvalue weighted by Crippen LogP contribution is 2.32. The molecule has 27 heavy (non-hydrogen) atoms. The van der Waals surface area contributed by atoms with Gasteiger partial charge in [-0.25, -0.2) is 9.97 Å². The van der Waals surface area contributed by atoms with E-state index in [1.807, 2.05) is 24.3 Å². The maximum absolute atomic E-state index is 12.7. The number of benzene rings is 2. The topological polar surface area (TPSA) is 47.9 Å². The van der Waals surface area contributed by atoms with Crippen LogP contribution < -0.4 is 4.74 Å². The van der Waals surface area contributed by atoms with Gasteiger partial charge in [-0.05, 0) is 24.3 Å². The minimum Gasteiger partial charge on any atom is -0.437 e. The molecule has 0 amide bonds. The Balaban J connectivity index is 1.65. The normalized spacial score (nSPS) is 11.5. The van der Waals surface area contributed by atoms with Crippen molar-refractivity contribution in [1.82, 2.24) is 15.0 Å². The number of halogens is 3. The average Bonchev–Trinajstić information content (AvgIpc) is 2.68. The van der Waals surface area contributed by atoms with E-state index < -0.39 is 11.7 Å². The molecule has 2 aromatic heterocycles. The fourth-order valence-corrected chi connectivity index (χ4v) is 2.65. The van der Waals surface area contributed by atoms with Crippen LogP contribution in [0.2, 0.25) is 0 Å². The highest BCUT2D eigenvalue weighted by Gasteiger charge is 2.30. The van der Waals surface area contributed by atoms with Gasteiger partial charge in [0.25, 0.3) is 0 Å². The number of ether oxygens (including phenoxy) is 1. The van der Waals surface area contributed by atoms with Crippen molar-refractivity contribution in [3.05, 3.63) is 78.8 Å². The number of para-hydroxylation sites is 1. The first-order valence-electron chi connectivity index (χ1n) is 8.02. The molecule has 0 atom stereocenters. The van der Waals surface area contributed by atoms with Gasteiger partial charge in [-0.2, -0.15) is 13.2 Å². The van der Waals surface area contributed by atoms with Crippen molar-refractivity contribution in [2.24, 2.45) is 0 Å². The van der Waals surface area contributed by atoms with Gasteiger partial charge >= 0.3 is 6.18 Å². The van der Waals surface area contributed by atoms with E-state index >= 15 is 0 Å². The largest absolute Gasteiger partial charge is 0.437 e. The monoisotopic (exact) mass is 367 g/mol. The number of alkyl halides is 3. The van der Waals surface area contributed by atoms with Gasteiger partial charge in [0.2, 0.25) is 5.88 Å². The second-order valence-corrected chi connectivity index (χ2v) is 5.75. The number of pyridine rings is 1. The van der Waals surface area contributed by atoms with Crippen molar-refractivity contribution in [2.75, 3.05) is 0 Å². The molecule has 0 bridgehead atoms. The Bertz CT molecular complexity index is 1090. The standard InChI is InChI=1S/C20H12F3N3O/c21-20(22,23)15-8-6-13(7-9-15)16-11-18(26-12-25-16)27-17-5-1-3-14-4-2-10-24-19(14)17/h1-12H. The van der Waals surface area contributed by atoms with Crippen molar-refractivity contribution < 1.29 is 17.9 Å². The summed E-state index contributed by atoms with van der Waals surface area (Å²) < 4.78 is 44.0. The summed E-state index contributed by atoms with van der Waals surface area (Å²) in [5.74, 6) is 0.809. The quantitative estimate of drug-likeness (QED) is 0.479. The van der Waals surface area contributed by atoms with Crippen LogP contribution in [0.5, 0.6) is 11.6 Å². The van der Waals surface area contributed by atoms with E-state index in [1.54, 1.807) is 18.3 Å². The van der Waals surface area contributed by atoms with Gasteiger partial charge in [0.05, 0.1) is 11.3 Å². The highest BCUT2D eigenvalue weighted by atomic mass is 19.4. The maximum Gasteiger partial charge on any atom is 0.416 e. The Morgan fingerprint density at radius 3 is 2.37 bits per heavy atom. The first-order valence-corrected chi connectivity index (χ1v) is 8.02. The molecule has 0 saturated heterocycles. The minimum atomic E-state index is -4.38. The fraction of sp³-hybridized carbons (Fsp3) is 0.0500. The van der Waals surface area contributed by atoms with Crippen LogP contribution in [0.3, 0.4) is 0 Å². The van der Waals surface area contributed by atoms with E-state index in [1.165, 1.54) is 18.5 Å². The first-order chi connectivity index (χ1) is 13.0. The van der Waals surface area contributed by atoms with Gasteiger partial charge in [0.1, 0.15) is 11.8 Å². The third kappa shape index (κ3) is 3.57. The smallest absolute Gasteiger partial charge is 0.416 e. The molecule has 0 radical (unpaired) electrons. The predicted octanol–water partition coefficient (Wildman–Crippen LogP) is 5.50. The molecular weight excluding hydrogens is 355 g/mol. The Hall–Kier alpha value is -3.48. The summed E-state index contributed by atoms with van der Waals surface area (Å²) in [5, 5.41) is 0.923. The van der Waals surface area contributed by atoms with Crippen LogP contribution in [-0.2, 0) is 6.18 Å². The summed E-state index contributed by atoms with van der Waals surface area (Å²) in [5.41, 5.74) is 0.974. The van der Waals surface area contributed by atoms with Crippen LogP contribution in [0.1, 0.15) is 5.56 Å². The molecule has 7 heteroatoms. The zero-order chi connectivity index (χ0) is 18.9. The fourth-order valence-electron chi connectivity index (χ4n) is 2.65. The molecule has 0 fully saturated rings. The van der Waals surface area contributed by atoms with Crippen molar-refractivity contribution in [3.8, 4) is 22.9 Å². The van der Waals surface area contributed by atoms with Gasteiger partial charge < -0.3 is 4.74 Å². The molecule has 134 valence electrons. The van der Waals surface area contributed by atoms with Crippen LogP contribution in [0.25, 0.3) is 22.2 Å². The van der Waals surface area contributed by atoms with Crippen LogP contribution in [0.4, 0.5) is 13.2 Å². The summed E-state index contributed by atoms with van der Waals surface area (Å²) in [6, 6.07) is 15.6. The van der Waals surface area contributed by atoms with E-state index in [9.17, 15) is 13.2 Å². The SMILES string of the molecule is FC(F)(F)c1ccc(-c2cc(Oc3cccc4cccnc34)ncn2)cc1. The number of fused-ring (bicyclic) bond motifs is 1. The summed E-state index contributed by atoms with van der Waals surface area (Å²) in [6.07, 6.45) is -1.40. The predicted molar refractivity (Wildman–Crippen MR) is 94.3 cm³/mol. The van der Waals surface area contributed by atoms with E-state index in [0.29, 0.717) is 22.5 Å². The number of hydrogen-bond acceptors (Lipinski definition) is 4. The molecule has 0 spiro atoms. The molecule has 0 N–H and O–H groups in total. The zero-order valence-corrected chi connectivity index (χ0v) is 13.8. The lowest BCUT2D eigenvalue weighted by atomic mass is 10.1. The lowest BCUT2D eigenvalue weighted by molar-refractivity contribution is -0.137. The number of rotatable bonds is 3. The minimum absolute atomic E-state index is 0.276. The molecule has 2 aromatic carbocycles. The van der Waals surface area contributed by atoms with Crippen LogP contribution in [0.15, 0.2) is 73.2 Å².